The highest BCUT2D eigenvalue weighted by atomic mass is 127. The molecule has 0 spiro atoms. The number of guanidine groups is 1. The van der Waals surface area contributed by atoms with Gasteiger partial charge in [0.25, 0.3) is 0 Å². The Kier molecular flexibility index (Phi) is 8.84. The second-order valence-electron chi connectivity index (χ2n) is 6.40. The summed E-state index contributed by atoms with van der Waals surface area (Å²) >= 11 is 0. The molecule has 2 atom stereocenters. The van der Waals surface area contributed by atoms with E-state index in [9.17, 15) is 9.50 Å². The van der Waals surface area contributed by atoms with Gasteiger partial charge in [-0.1, -0.05) is 0 Å². The van der Waals surface area contributed by atoms with E-state index in [0.29, 0.717) is 24.9 Å². The largest absolute Gasteiger partial charge is 0.386 e. The van der Waals surface area contributed by atoms with Crippen LogP contribution in [-0.2, 0) is 0 Å². The number of rotatable bonds is 6. The van der Waals surface area contributed by atoms with E-state index in [1.165, 1.54) is 6.07 Å². The molecule has 2 aromatic heterocycles. The van der Waals surface area contributed by atoms with Gasteiger partial charge >= 0.3 is 0 Å². The zero-order chi connectivity index (χ0) is 19.1. The summed E-state index contributed by atoms with van der Waals surface area (Å²) < 4.78 is 13.9. The average molecular weight is 500 g/mol. The summed E-state index contributed by atoms with van der Waals surface area (Å²) in [5.41, 5.74) is 0.780. The second-order valence-corrected chi connectivity index (χ2v) is 6.40. The highest BCUT2D eigenvalue weighted by molar-refractivity contribution is 14.0. The van der Waals surface area contributed by atoms with E-state index in [4.69, 9.17) is 0 Å². The second kappa shape index (κ2) is 11.1. The number of pyridine rings is 2. The summed E-state index contributed by atoms with van der Waals surface area (Å²) in [6, 6.07) is 6.69. The van der Waals surface area contributed by atoms with Crippen LogP contribution in [0.15, 0.2) is 47.8 Å². The van der Waals surface area contributed by atoms with Gasteiger partial charge in [0.2, 0.25) is 0 Å². The maximum Gasteiger partial charge on any atom is 0.191 e. The zero-order valence-corrected chi connectivity index (χ0v) is 18.1. The van der Waals surface area contributed by atoms with Crippen LogP contribution < -0.4 is 15.5 Å². The van der Waals surface area contributed by atoms with E-state index in [2.05, 4.69) is 25.6 Å². The summed E-state index contributed by atoms with van der Waals surface area (Å²) in [4.78, 5) is 14.5. The molecule has 0 bridgehead atoms. The molecule has 0 aromatic carbocycles. The highest BCUT2D eigenvalue weighted by Gasteiger charge is 2.26. The quantitative estimate of drug-likeness (QED) is 0.320. The van der Waals surface area contributed by atoms with Crippen LogP contribution in [0.25, 0.3) is 0 Å². The summed E-state index contributed by atoms with van der Waals surface area (Å²) in [5, 5.41) is 16.8. The highest BCUT2D eigenvalue weighted by Crippen LogP contribution is 2.20. The molecule has 3 heterocycles. The third-order valence-electron chi connectivity index (χ3n) is 4.43. The van der Waals surface area contributed by atoms with Crippen molar-refractivity contribution in [3.63, 3.8) is 0 Å². The topological polar surface area (TPSA) is 85.7 Å². The van der Waals surface area contributed by atoms with E-state index < -0.39 is 6.10 Å². The number of nitrogens with zero attached hydrogens (tertiary/aromatic N) is 4. The number of nitrogens with one attached hydrogen (secondary N) is 2. The van der Waals surface area contributed by atoms with E-state index in [1.54, 1.807) is 36.8 Å². The Morgan fingerprint density at radius 1 is 1.36 bits per heavy atom. The standard InChI is InChI=1S/C19H25FN6O.HI/c1-2-22-19(24-12-17(27)14-5-9-21-10-6-14)25-15-7-11-26(13-15)18-16(20)4-3-8-23-18;/h3-6,8-10,15,17,27H,2,7,11-13H2,1H3,(H2,22,24,25);1H. The Balaban J connectivity index is 0.00000280. The SMILES string of the molecule is CCNC(=NCC(O)c1ccncc1)NC1CCN(c2ncccc2F)C1.I. The number of halogens is 2. The van der Waals surface area contributed by atoms with Crippen molar-refractivity contribution in [2.24, 2.45) is 4.99 Å². The van der Waals surface area contributed by atoms with Crippen LogP contribution in [0.4, 0.5) is 10.2 Å². The van der Waals surface area contributed by atoms with Gasteiger partial charge in [0.05, 0.1) is 12.6 Å². The number of hydrogen-bond donors (Lipinski definition) is 3. The van der Waals surface area contributed by atoms with Gasteiger partial charge in [-0.2, -0.15) is 0 Å². The summed E-state index contributed by atoms with van der Waals surface area (Å²) in [6.07, 6.45) is 5.06. The molecule has 1 saturated heterocycles. The maximum absolute atomic E-state index is 13.9. The molecular weight excluding hydrogens is 474 g/mol. The molecule has 0 aliphatic carbocycles. The number of aromatic nitrogens is 2. The Hall–Kier alpha value is -2.01. The van der Waals surface area contributed by atoms with Crippen molar-refractivity contribution >= 4 is 35.8 Å². The molecule has 3 rings (SSSR count). The normalized spacial score (nSPS) is 17.8. The molecule has 1 fully saturated rings. The Morgan fingerprint density at radius 3 is 2.86 bits per heavy atom. The first-order valence-corrected chi connectivity index (χ1v) is 9.15. The number of aliphatic hydroxyl groups excluding tert-OH is 1. The van der Waals surface area contributed by atoms with Crippen molar-refractivity contribution in [2.75, 3.05) is 31.1 Å². The minimum atomic E-state index is -0.689. The third kappa shape index (κ3) is 5.99. The first kappa shape index (κ1) is 22.3. The fraction of sp³-hybridized carbons (Fsp3) is 0.421. The number of aliphatic hydroxyl groups is 1. The number of aliphatic imine (C=N–C) groups is 1. The molecule has 0 saturated carbocycles. The van der Waals surface area contributed by atoms with Gasteiger partial charge in [-0.3, -0.25) is 9.98 Å². The molecular formula is C19H26FIN6O. The monoisotopic (exact) mass is 500 g/mol. The summed E-state index contributed by atoms with van der Waals surface area (Å²) in [6.45, 7) is 4.31. The van der Waals surface area contributed by atoms with Crippen LogP contribution in [0.3, 0.4) is 0 Å². The van der Waals surface area contributed by atoms with Crippen molar-refractivity contribution in [1.29, 1.82) is 0 Å². The molecule has 1 aliphatic rings. The lowest BCUT2D eigenvalue weighted by Gasteiger charge is -2.20. The predicted octanol–water partition coefficient (Wildman–Crippen LogP) is 2.10. The van der Waals surface area contributed by atoms with Gasteiger partial charge in [-0.15, -0.1) is 24.0 Å². The van der Waals surface area contributed by atoms with Crippen LogP contribution in [0.2, 0.25) is 0 Å². The molecule has 2 unspecified atom stereocenters. The van der Waals surface area contributed by atoms with E-state index >= 15 is 0 Å². The van der Waals surface area contributed by atoms with Crippen LogP contribution >= 0.6 is 24.0 Å². The lowest BCUT2D eigenvalue weighted by molar-refractivity contribution is 0.187. The lowest BCUT2D eigenvalue weighted by Crippen LogP contribution is -2.45. The average Bonchev–Trinajstić information content (AvgIpc) is 3.15. The van der Waals surface area contributed by atoms with Gasteiger partial charge in [-0.25, -0.2) is 9.37 Å². The van der Waals surface area contributed by atoms with Crippen molar-refractivity contribution in [3.05, 3.63) is 54.2 Å². The molecule has 152 valence electrons. The lowest BCUT2D eigenvalue weighted by atomic mass is 10.1. The zero-order valence-electron chi connectivity index (χ0n) is 15.8. The third-order valence-corrected chi connectivity index (χ3v) is 4.43. The Bertz CT molecular complexity index is 763. The molecule has 1 aliphatic heterocycles. The van der Waals surface area contributed by atoms with Gasteiger partial charge in [-0.05, 0) is 43.2 Å². The van der Waals surface area contributed by atoms with Crippen molar-refractivity contribution in [1.82, 2.24) is 20.6 Å². The molecule has 0 radical (unpaired) electrons. The van der Waals surface area contributed by atoms with Gasteiger partial charge in [0.15, 0.2) is 17.6 Å². The molecule has 2 aromatic rings. The molecule has 0 amide bonds. The van der Waals surface area contributed by atoms with Crippen LogP contribution in [0.5, 0.6) is 0 Å². The Labute approximate surface area is 181 Å². The first-order valence-electron chi connectivity index (χ1n) is 9.15. The fourth-order valence-electron chi connectivity index (χ4n) is 3.06. The van der Waals surface area contributed by atoms with Crippen LogP contribution in [-0.4, -0.2) is 53.3 Å². The fourth-order valence-corrected chi connectivity index (χ4v) is 3.06. The first-order chi connectivity index (χ1) is 13.2. The van der Waals surface area contributed by atoms with Crippen LogP contribution in [0, 0.1) is 5.82 Å². The number of hydrogen-bond acceptors (Lipinski definition) is 5. The molecule has 3 N–H and O–H groups in total. The van der Waals surface area contributed by atoms with Crippen molar-refractivity contribution < 1.29 is 9.50 Å². The minimum absolute atomic E-state index is 0. The van der Waals surface area contributed by atoms with E-state index in [1.807, 2.05) is 11.8 Å². The summed E-state index contributed by atoms with van der Waals surface area (Å²) in [7, 11) is 0. The molecule has 9 heteroatoms. The van der Waals surface area contributed by atoms with Crippen molar-refractivity contribution in [2.45, 2.75) is 25.5 Å². The van der Waals surface area contributed by atoms with Gasteiger partial charge in [0, 0.05) is 44.3 Å². The maximum atomic E-state index is 13.9. The minimum Gasteiger partial charge on any atom is -0.386 e. The Morgan fingerprint density at radius 2 is 2.14 bits per heavy atom. The van der Waals surface area contributed by atoms with E-state index in [0.717, 1.165) is 18.5 Å². The number of anilines is 1. The van der Waals surface area contributed by atoms with Crippen molar-refractivity contribution in [3.8, 4) is 0 Å². The van der Waals surface area contributed by atoms with Gasteiger partial charge in [0.1, 0.15) is 0 Å². The van der Waals surface area contributed by atoms with Gasteiger partial charge < -0.3 is 20.6 Å². The summed E-state index contributed by atoms with van der Waals surface area (Å²) in [5.74, 6) is 0.718. The molecule has 28 heavy (non-hydrogen) atoms. The van der Waals surface area contributed by atoms with Crippen LogP contribution in [0.1, 0.15) is 25.0 Å². The molecule has 7 nitrogen and oxygen atoms in total. The predicted molar refractivity (Wildman–Crippen MR) is 119 cm³/mol. The van der Waals surface area contributed by atoms with E-state index in [-0.39, 0.29) is 42.4 Å². The smallest absolute Gasteiger partial charge is 0.191 e.